The first kappa shape index (κ1) is 19.6. The molecule has 0 aliphatic heterocycles. The molecular weight excluding hydrogens is 368 g/mol. The van der Waals surface area contributed by atoms with Crippen LogP contribution in [0.15, 0.2) is 35.7 Å². The van der Waals surface area contributed by atoms with Gasteiger partial charge in [0.1, 0.15) is 0 Å². The number of methoxy groups -OCH3 is 1. The van der Waals surface area contributed by atoms with Crippen LogP contribution in [0.4, 0.5) is 8.78 Å². The second-order valence-electron chi connectivity index (χ2n) is 5.12. The molecule has 0 saturated carbocycles. The lowest BCUT2D eigenvalue weighted by Crippen LogP contribution is -2.30. The number of alkyl halides is 2. The molecule has 1 aromatic carbocycles. The summed E-state index contributed by atoms with van der Waals surface area (Å²) >= 11 is 1.50. The first-order chi connectivity index (χ1) is 12.4. The number of rotatable bonds is 8. The highest BCUT2D eigenvalue weighted by Crippen LogP contribution is 2.29. The highest BCUT2D eigenvalue weighted by atomic mass is 32.1. The molecule has 2 aromatic rings. The van der Waals surface area contributed by atoms with Crippen molar-refractivity contribution >= 4 is 23.2 Å². The molecule has 1 heterocycles. The topological polar surface area (TPSA) is 73.9 Å². The van der Waals surface area contributed by atoms with Crippen LogP contribution in [0.3, 0.4) is 0 Å². The van der Waals surface area contributed by atoms with E-state index in [4.69, 9.17) is 9.47 Å². The molecule has 0 aliphatic carbocycles. The number of hydrogen-bond donors (Lipinski definition) is 1. The van der Waals surface area contributed by atoms with E-state index in [1.807, 2.05) is 24.4 Å². The van der Waals surface area contributed by atoms with Crippen molar-refractivity contribution < 1.29 is 32.6 Å². The number of esters is 1. The fraction of sp³-hybridized carbons (Fsp3) is 0.294. The van der Waals surface area contributed by atoms with Crippen LogP contribution in [0.25, 0.3) is 0 Å². The number of carbonyl (C=O) groups is 2. The normalized spacial score (nSPS) is 11.7. The van der Waals surface area contributed by atoms with Gasteiger partial charge in [-0.25, -0.2) is 4.79 Å². The molecule has 1 amide bonds. The Morgan fingerprint density at radius 1 is 1.23 bits per heavy atom. The zero-order chi connectivity index (χ0) is 19.1. The summed E-state index contributed by atoms with van der Waals surface area (Å²) in [5, 5.41) is 4.60. The molecule has 1 atom stereocenters. The van der Waals surface area contributed by atoms with Crippen molar-refractivity contribution in [1.29, 1.82) is 0 Å². The van der Waals surface area contributed by atoms with Gasteiger partial charge in [0.25, 0.3) is 5.91 Å². The van der Waals surface area contributed by atoms with E-state index in [-0.39, 0.29) is 23.1 Å². The Bertz CT molecular complexity index is 752. The third-order valence-corrected chi connectivity index (χ3v) is 4.35. The van der Waals surface area contributed by atoms with E-state index < -0.39 is 25.1 Å². The van der Waals surface area contributed by atoms with Crippen LogP contribution in [0.2, 0.25) is 0 Å². The minimum absolute atomic E-state index is 0.0440. The second kappa shape index (κ2) is 9.14. The predicted octanol–water partition coefficient (Wildman–Crippen LogP) is 3.39. The monoisotopic (exact) mass is 385 g/mol. The third-order valence-electron chi connectivity index (χ3n) is 3.30. The zero-order valence-electron chi connectivity index (χ0n) is 14.0. The molecule has 0 bridgehead atoms. The van der Waals surface area contributed by atoms with Crippen LogP contribution in [-0.2, 0) is 9.53 Å². The summed E-state index contributed by atoms with van der Waals surface area (Å²) in [6, 6.07) is 7.17. The molecule has 1 unspecified atom stereocenters. The Balaban J connectivity index is 1.91. The molecule has 0 radical (unpaired) electrons. The Labute approximate surface area is 152 Å². The molecule has 0 spiro atoms. The highest BCUT2D eigenvalue weighted by molar-refractivity contribution is 7.10. The molecule has 26 heavy (non-hydrogen) atoms. The van der Waals surface area contributed by atoms with Crippen LogP contribution in [0.5, 0.6) is 11.5 Å². The predicted molar refractivity (Wildman–Crippen MR) is 90.8 cm³/mol. The van der Waals surface area contributed by atoms with Crippen molar-refractivity contribution in [1.82, 2.24) is 5.32 Å². The Morgan fingerprint density at radius 2 is 2.00 bits per heavy atom. The molecule has 2 rings (SSSR count). The van der Waals surface area contributed by atoms with Crippen LogP contribution >= 0.6 is 11.3 Å². The van der Waals surface area contributed by atoms with Crippen LogP contribution in [-0.4, -0.2) is 32.2 Å². The van der Waals surface area contributed by atoms with E-state index in [2.05, 4.69) is 10.1 Å². The van der Waals surface area contributed by atoms with Crippen molar-refractivity contribution in [2.24, 2.45) is 0 Å². The minimum Gasteiger partial charge on any atom is -0.493 e. The number of benzene rings is 1. The van der Waals surface area contributed by atoms with Gasteiger partial charge in [0.15, 0.2) is 18.1 Å². The van der Waals surface area contributed by atoms with Gasteiger partial charge in [0, 0.05) is 4.88 Å². The molecule has 1 N–H and O–H groups in total. The molecule has 0 aliphatic rings. The largest absolute Gasteiger partial charge is 0.493 e. The van der Waals surface area contributed by atoms with Crippen molar-refractivity contribution in [3.8, 4) is 11.5 Å². The maximum absolute atomic E-state index is 12.3. The maximum atomic E-state index is 12.3. The summed E-state index contributed by atoms with van der Waals surface area (Å²) in [4.78, 5) is 24.9. The fourth-order valence-electron chi connectivity index (χ4n) is 2.09. The number of carbonyl (C=O) groups excluding carboxylic acids is 2. The highest BCUT2D eigenvalue weighted by Gasteiger charge is 2.17. The van der Waals surface area contributed by atoms with Crippen molar-refractivity contribution in [3.05, 3.63) is 46.2 Å². The van der Waals surface area contributed by atoms with Gasteiger partial charge in [-0.05, 0) is 36.6 Å². The van der Waals surface area contributed by atoms with E-state index in [1.54, 1.807) is 0 Å². The summed E-state index contributed by atoms with van der Waals surface area (Å²) in [5.74, 6) is -1.49. The van der Waals surface area contributed by atoms with Gasteiger partial charge < -0.3 is 19.5 Å². The van der Waals surface area contributed by atoms with Crippen molar-refractivity contribution in [2.45, 2.75) is 19.6 Å². The first-order valence-electron chi connectivity index (χ1n) is 7.53. The Morgan fingerprint density at radius 3 is 2.62 bits per heavy atom. The van der Waals surface area contributed by atoms with Gasteiger partial charge in [0.2, 0.25) is 0 Å². The van der Waals surface area contributed by atoms with Gasteiger partial charge >= 0.3 is 12.6 Å². The van der Waals surface area contributed by atoms with Crippen molar-refractivity contribution in [2.75, 3.05) is 13.7 Å². The number of thiophene rings is 1. The number of halogens is 2. The number of nitrogens with one attached hydrogen (secondary N) is 1. The van der Waals surface area contributed by atoms with Gasteiger partial charge in [-0.1, -0.05) is 6.07 Å². The lowest BCUT2D eigenvalue weighted by atomic mass is 10.2. The summed E-state index contributed by atoms with van der Waals surface area (Å²) in [6.07, 6.45) is 0. The van der Waals surface area contributed by atoms with E-state index in [0.717, 1.165) is 4.88 Å². The molecule has 0 saturated heterocycles. The molecular formula is C17H17F2NO5S. The van der Waals surface area contributed by atoms with Crippen LogP contribution in [0.1, 0.15) is 28.2 Å². The fourth-order valence-corrected chi connectivity index (χ4v) is 2.83. The third kappa shape index (κ3) is 5.41. The van der Waals surface area contributed by atoms with Crippen LogP contribution < -0.4 is 14.8 Å². The lowest BCUT2D eigenvalue weighted by Gasteiger charge is -2.13. The van der Waals surface area contributed by atoms with Gasteiger partial charge in [-0.15, -0.1) is 11.3 Å². The minimum atomic E-state index is -3.02. The zero-order valence-corrected chi connectivity index (χ0v) is 14.8. The summed E-state index contributed by atoms with van der Waals surface area (Å²) in [6.45, 7) is -1.67. The van der Waals surface area contributed by atoms with Gasteiger partial charge in [-0.3, -0.25) is 4.79 Å². The first-order valence-corrected chi connectivity index (χ1v) is 8.41. The van der Waals surface area contributed by atoms with Gasteiger partial charge in [-0.2, -0.15) is 8.78 Å². The Kier molecular flexibility index (Phi) is 6.90. The molecule has 0 fully saturated rings. The summed E-state index contributed by atoms with van der Waals surface area (Å²) in [7, 11) is 1.25. The van der Waals surface area contributed by atoms with E-state index >= 15 is 0 Å². The molecule has 140 valence electrons. The lowest BCUT2D eigenvalue weighted by molar-refractivity contribution is -0.124. The summed E-state index contributed by atoms with van der Waals surface area (Å²) < 4.78 is 38.7. The van der Waals surface area contributed by atoms with E-state index in [0.29, 0.717) is 0 Å². The smallest absolute Gasteiger partial charge is 0.387 e. The van der Waals surface area contributed by atoms with Crippen LogP contribution in [0, 0.1) is 0 Å². The number of amides is 1. The summed E-state index contributed by atoms with van der Waals surface area (Å²) in [5.41, 5.74) is 0.0440. The molecule has 6 nitrogen and oxygen atoms in total. The Hall–Kier alpha value is -2.68. The average molecular weight is 385 g/mol. The molecule has 9 heteroatoms. The van der Waals surface area contributed by atoms with Crippen molar-refractivity contribution in [3.63, 3.8) is 0 Å². The number of hydrogen-bond acceptors (Lipinski definition) is 6. The quantitative estimate of drug-likeness (QED) is 0.705. The number of ether oxygens (including phenoxy) is 3. The standard InChI is InChI=1S/C17H17F2NO5S/c1-10(14-4-3-7-26-14)20-15(21)9-24-16(22)11-5-6-12(25-17(18)19)13(8-11)23-2/h3-8,10,17H,9H2,1-2H3,(H,20,21). The molecule has 1 aromatic heterocycles. The SMILES string of the molecule is COc1cc(C(=O)OCC(=O)NC(C)c2cccs2)ccc1OC(F)F. The second-order valence-corrected chi connectivity index (χ2v) is 6.10. The van der Waals surface area contributed by atoms with E-state index in [1.165, 1.54) is 36.6 Å². The van der Waals surface area contributed by atoms with Gasteiger partial charge in [0.05, 0.1) is 18.7 Å². The average Bonchev–Trinajstić information content (AvgIpc) is 3.14. The maximum Gasteiger partial charge on any atom is 0.387 e. The van der Waals surface area contributed by atoms with E-state index in [9.17, 15) is 18.4 Å².